The van der Waals surface area contributed by atoms with Crippen LogP contribution in [0.15, 0.2) is 54.6 Å². The molecular formula is C17H20ClN. The molecule has 0 radical (unpaired) electrons. The summed E-state index contributed by atoms with van der Waals surface area (Å²) >= 11 is 6.05. The molecule has 0 spiro atoms. The summed E-state index contributed by atoms with van der Waals surface area (Å²) in [5, 5.41) is 4.41. The highest BCUT2D eigenvalue weighted by Crippen LogP contribution is 2.20. The van der Waals surface area contributed by atoms with Crippen molar-refractivity contribution in [3.8, 4) is 0 Å². The molecule has 0 aliphatic heterocycles. The topological polar surface area (TPSA) is 12.0 Å². The summed E-state index contributed by atoms with van der Waals surface area (Å²) in [7, 11) is 0. The van der Waals surface area contributed by atoms with Gasteiger partial charge in [-0.2, -0.15) is 0 Å². The van der Waals surface area contributed by atoms with Crippen molar-refractivity contribution in [2.75, 3.05) is 6.54 Å². The molecule has 1 N–H and O–H groups in total. The summed E-state index contributed by atoms with van der Waals surface area (Å²) in [6.07, 6.45) is 2.12. The zero-order valence-corrected chi connectivity index (χ0v) is 12.0. The summed E-state index contributed by atoms with van der Waals surface area (Å²) in [5.41, 5.74) is 2.64. The van der Waals surface area contributed by atoms with Crippen molar-refractivity contribution < 1.29 is 0 Å². The van der Waals surface area contributed by atoms with E-state index in [2.05, 4.69) is 48.6 Å². The van der Waals surface area contributed by atoms with Gasteiger partial charge in [-0.1, -0.05) is 61.0 Å². The van der Waals surface area contributed by atoms with E-state index in [-0.39, 0.29) is 0 Å². The molecule has 0 aromatic heterocycles. The molecular weight excluding hydrogens is 254 g/mol. The fraction of sp³-hybridized carbons (Fsp3) is 0.294. The van der Waals surface area contributed by atoms with Gasteiger partial charge in [0.1, 0.15) is 0 Å². The molecule has 2 heteroatoms. The van der Waals surface area contributed by atoms with Gasteiger partial charge in [0.25, 0.3) is 0 Å². The second kappa shape index (κ2) is 7.32. The smallest absolute Gasteiger partial charge is 0.0409 e. The summed E-state index contributed by atoms with van der Waals surface area (Å²) in [6.45, 7) is 3.18. The van der Waals surface area contributed by atoms with Gasteiger partial charge in [-0.15, -0.1) is 0 Å². The Morgan fingerprint density at radius 1 is 1.05 bits per heavy atom. The van der Waals surface area contributed by atoms with Gasteiger partial charge in [0.05, 0.1) is 0 Å². The summed E-state index contributed by atoms with van der Waals surface area (Å²) in [4.78, 5) is 0. The Balaban J connectivity index is 1.89. The van der Waals surface area contributed by atoms with Crippen molar-refractivity contribution in [3.05, 3.63) is 70.7 Å². The van der Waals surface area contributed by atoms with Crippen molar-refractivity contribution in [3.63, 3.8) is 0 Å². The van der Waals surface area contributed by atoms with Crippen LogP contribution in [-0.2, 0) is 6.42 Å². The van der Waals surface area contributed by atoms with Gasteiger partial charge in [0.15, 0.2) is 0 Å². The molecule has 0 saturated carbocycles. The average molecular weight is 274 g/mol. The van der Waals surface area contributed by atoms with Crippen LogP contribution >= 0.6 is 11.6 Å². The second-order valence-electron chi connectivity index (χ2n) is 4.71. The molecule has 2 rings (SSSR count). The Hall–Kier alpha value is -1.31. The van der Waals surface area contributed by atoms with Crippen LogP contribution in [0.5, 0.6) is 0 Å². The average Bonchev–Trinajstić information content (AvgIpc) is 2.45. The van der Waals surface area contributed by atoms with Crippen LogP contribution in [0.4, 0.5) is 0 Å². The quantitative estimate of drug-likeness (QED) is 0.810. The Morgan fingerprint density at radius 2 is 1.84 bits per heavy atom. The van der Waals surface area contributed by atoms with Crippen molar-refractivity contribution >= 4 is 11.6 Å². The molecule has 100 valence electrons. The van der Waals surface area contributed by atoms with Crippen LogP contribution in [0.25, 0.3) is 0 Å². The first-order valence-electron chi connectivity index (χ1n) is 6.82. The SMILES string of the molecule is CCC(NCCc1ccccc1)c1cccc(Cl)c1. The lowest BCUT2D eigenvalue weighted by Gasteiger charge is -2.17. The third-order valence-corrected chi connectivity index (χ3v) is 3.54. The fourth-order valence-corrected chi connectivity index (χ4v) is 2.46. The predicted octanol–water partition coefficient (Wildman–Crippen LogP) is 4.62. The molecule has 0 fully saturated rings. The first-order valence-corrected chi connectivity index (χ1v) is 7.20. The first-order chi connectivity index (χ1) is 9.29. The van der Waals surface area contributed by atoms with Gasteiger partial charge < -0.3 is 5.32 Å². The number of rotatable bonds is 6. The highest BCUT2D eigenvalue weighted by atomic mass is 35.5. The third-order valence-electron chi connectivity index (χ3n) is 3.31. The van der Waals surface area contributed by atoms with E-state index >= 15 is 0 Å². The van der Waals surface area contributed by atoms with Crippen LogP contribution in [-0.4, -0.2) is 6.54 Å². The molecule has 0 amide bonds. The maximum absolute atomic E-state index is 6.05. The van der Waals surface area contributed by atoms with Crippen molar-refractivity contribution in [1.29, 1.82) is 0 Å². The van der Waals surface area contributed by atoms with Gasteiger partial charge in [0.2, 0.25) is 0 Å². The molecule has 1 atom stereocenters. The van der Waals surface area contributed by atoms with E-state index in [1.54, 1.807) is 0 Å². The van der Waals surface area contributed by atoms with Crippen LogP contribution in [0, 0.1) is 0 Å². The standard InChI is InChI=1S/C17H20ClN/c1-2-17(15-9-6-10-16(18)13-15)19-12-11-14-7-4-3-5-8-14/h3-10,13,17,19H,2,11-12H2,1H3. The number of benzene rings is 2. The number of nitrogens with one attached hydrogen (secondary N) is 1. The fourth-order valence-electron chi connectivity index (χ4n) is 2.26. The second-order valence-corrected chi connectivity index (χ2v) is 5.14. The lowest BCUT2D eigenvalue weighted by Crippen LogP contribution is -2.23. The zero-order valence-electron chi connectivity index (χ0n) is 11.3. The number of hydrogen-bond acceptors (Lipinski definition) is 1. The summed E-state index contributed by atoms with van der Waals surface area (Å²) in [5.74, 6) is 0. The van der Waals surface area contributed by atoms with Crippen LogP contribution in [0.3, 0.4) is 0 Å². The molecule has 1 nitrogen and oxygen atoms in total. The summed E-state index contributed by atoms with van der Waals surface area (Å²) < 4.78 is 0. The van der Waals surface area contributed by atoms with Gasteiger partial charge in [0, 0.05) is 11.1 Å². The van der Waals surface area contributed by atoms with Gasteiger partial charge in [-0.05, 0) is 42.6 Å². The lowest BCUT2D eigenvalue weighted by molar-refractivity contribution is 0.523. The van der Waals surface area contributed by atoms with E-state index in [4.69, 9.17) is 11.6 Å². The minimum atomic E-state index is 0.377. The van der Waals surface area contributed by atoms with E-state index in [0.717, 1.165) is 24.4 Å². The Labute approximate surface area is 120 Å². The van der Waals surface area contributed by atoms with Gasteiger partial charge >= 0.3 is 0 Å². The van der Waals surface area contributed by atoms with Crippen LogP contribution < -0.4 is 5.32 Å². The van der Waals surface area contributed by atoms with Crippen LogP contribution in [0.1, 0.15) is 30.5 Å². The van der Waals surface area contributed by atoms with Crippen LogP contribution in [0.2, 0.25) is 5.02 Å². The van der Waals surface area contributed by atoms with E-state index < -0.39 is 0 Å². The molecule has 0 bridgehead atoms. The molecule has 2 aromatic carbocycles. The van der Waals surface area contributed by atoms with Gasteiger partial charge in [-0.25, -0.2) is 0 Å². The lowest BCUT2D eigenvalue weighted by atomic mass is 10.0. The minimum absolute atomic E-state index is 0.377. The molecule has 2 aromatic rings. The largest absolute Gasteiger partial charge is 0.310 e. The molecule has 0 aliphatic rings. The number of hydrogen-bond donors (Lipinski definition) is 1. The Bertz CT molecular complexity index is 496. The Kier molecular flexibility index (Phi) is 5.44. The predicted molar refractivity (Wildman–Crippen MR) is 82.6 cm³/mol. The zero-order chi connectivity index (χ0) is 13.5. The van der Waals surface area contributed by atoms with E-state index in [1.807, 2.05) is 18.2 Å². The maximum Gasteiger partial charge on any atom is 0.0409 e. The van der Waals surface area contributed by atoms with E-state index in [9.17, 15) is 0 Å². The maximum atomic E-state index is 6.05. The molecule has 0 heterocycles. The van der Waals surface area contributed by atoms with E-state index in [0.29, 0.717) is 6.04 Å². The Morgan fingerprint density at radius 3 is 2.53 bits per heavy atom. The highest BCUT2D eigenvalue weighted by Gasteiger charge is 2.08. The van der Waals surface area contributed by atoms with Crippen molar-refractivity contribution in [2.24, 2.45) is 0 Å². The molecule has 19 heavy (non-hydrogen) atoms. The first kappa shape index (κ1) is 14.1. The third kappa shape index (κ3) is 4.38. The molecule has 0 aliphatic carbocycles. The molecule has 0 saturated heterocycles. The highest BCUT2D eigenvalue weighted by molar-refractivity contribution is 6.30. The molecule has 1 unspecified atom stereocenters. The van der Waals surface area contributed by atoms with Gasteiger partial charge in [-0.3, -0.25) is 0 Å². The summed E-state index contributed by atoms with van der Waals surface area (Å²) in [6, 6.07) is 19.1. The van der Waals surface area contributed by atoms with Crippen molar-refractivity contribution in [2.45, 2.75) is 25.8 Å². The minimum Gasteiger partial charge on any atom is -0.310 e. The van der Waals surface area contributed by atoms with E-state index in [1.165, 1.54) is 11.1 Å². The van der Waals surface area contributed by atoms with Crippen molar-refractivity contribution in [1.82, 2.24) is 5.32 Å². The normalized spacial score (nSPS) is 12.3. The number of halogens is 1. The monoisotopic (exact) mass is 273 g/mol.